The Morgan fingerprint density at radius 1 is 1.21 bits per heavy atom. The summed E-state index contributed by atoms with van der Waals surface area (Å²) in [7, 11) is 0. The lowest BCUT2D eigenvalue weighted by Gasteiger charge is -2.17. The molecule has 0 fully saturated rings. The van der Waals surface area contributed by atoms with Gasteiger partial charge in [-0.3, -0.25) is 0 Å². The predicted molar refractivity (Wildman–Crippen MR) is 57.8 cm³/mol. The second-order valence-corrected chi connectivity index (χ2v) is 3.80. The molecule has 78 valence electrons. The topological polar surface area (TPSA) is 40.5 Å². The van der Waals surface area contributed by atoms with Crippen molar-refractivity contribution in [1.82, 2.24) is 0 Å². The quantitative estimate of drug-likeness (QED) is 0.786. The van der Waals surface area contributed by atoms with E-state index in [1.807, 2.05) is 0 Å². The van der Waals surface area contributed by atoms with Crippen LogP contribution in [0.25, 0.3) is 0 Å². The second kappa shape index (κ2) is 5.56. The third-order valence-electron chi connectivity index (χ3n) is 1.99. The third-order valence-corrected chi connectivity index (χ3v) is 2.56. The summed E-state index contributed by atoms with van der Waals surface area (Å²) in [4.78, 5) is 0. The van der Waals surface area contributed by atoms with Crippen LogP contribution in [0.15, 0.2) is 24.3 Å². The van der Waals surface area contributed by atoms with Crippen LogP contribution in [0.1, 0.15) is 18.1 Å². The number of halogens is 2. The zero-order valence-corrected chi connectivity index (χ0v) is 9.04. The monoisotopic (exact) mass is 234 g/mol. The first-order valence-electron chi connectivity index (χ1n) is 4.33. The van der Waals surface area contributed by atoms with Gasteiger partial charge in [0.1, 0.15) is 6.10 Å². The van der Waals surface area contributed by atoms with Gasteiger partial charge in [0.25, 0.3) is 0 Å². The molecule has 0 aliphatic carbocycles. The van der Waals surface area contributed by atoms with Crippen molar-refractivity contribution < 1.29 is 10.2 Å². The highest BCUT2D eigenvalue weighted by atomic mass is 35.5. The SMILES string of the molecule is OC(CCCl)C(O)c1ccccc1Cl. The van der Waals surface area contributed by atoms with Crippen LogP contribution in [-0.4, -0.2) is 22.2 Å². The minimum Gasteiger partial charge on any atom is -0.390 e. The minimum absolute atomic E-state index is 0.308. The van der Waals surface area contributed by atoms with Crippen molar-refractivity contribution in [1.29, 1.82) is 0 Å². The number of benzene rings is 1. The van der Waals surface area contributed by atoms with Gasteiger partial charge in [-0.2, -0.15) is 0 Å². The lowest BCUT2D eigenvalue weighted by atomic mass is 10.0. The second-order valence-electron chi connectivity index (χ2n) is 3.01. The summed E-state index contributed by atoms with van der Waals surface area (Å²) in [6, 6.07) is 6.89. The largest absolute Gasteiger partial charge is 0.390 e. The molecule has 1 rings (SSSR count). The number of hydrogen-bond acceptors (Lipinski definition) is 2. The highest BCUT2D eigenvalue weighted by Gasteiger charge is 2.19. The van der Waals surface area contributed by atoms with Gasteiger partial charge >= 0.3 is 0 Å². The average Bonchev–Trinajstić information content (AvgIpc) is 2.18. The van der Waals surface area contributed by atoms with Gasteiger partial charge in [-0.05, 0) is 12.5 Å². The van der Waals surface area contributed by atoms with Crippen LogP contribution < -0.4 is 0 Å². The van der Waals surface area contributed by atoms with Gasteiger partial charge in [-0.1, -0.05) is 29.8 Å². The number of hydrogen-bond donors (Lipinski definition) is 2. The molecule has 0 aliphatic rings. The number of aliphatic hydroxyl groups excluding tert-OH is 2. The Morgan fingerprint density at radius 3 is 2.43 bits per heavy atom. The Bertz CT molecular complexity index is 291. The number of alkyl halides is 1. The number of rotatable bonds is 4. The summed E-state index contributed by atoms with van der Waals surface area (Å²) in [6.07, 6.45) is -1.50. The minimum atomic E-state index is -0.970. The Labute approximate surface area is 93.1 Å². The van der Waals surface area contributed by atoms with E-state index in [9.17, 15) is 10.2 Å². The fourth-order valence-corrected chi connectivity index (χ4v) is 1.66. The molecular formula is C10H12Cl2O2. The van der Waals surface area contributed by atoms with E-state index < -0.39 is 12.2 Å². The summed E-state index contributed by atoms with van der Waals surface area (Å²) >= 11 is 11.3. The van der Waals surface area contributed by atoms with Crippen molar-refractivity contribution in [2.75, 3.05) is 5.88 Å². The van der Waals surface area contributed by atoms with E-state index in [2.05, 4.69) is 0 Å². The van der Waals surface area contributed by atoms with Gasteiger partial charge in [0.05, 0.1) is 6.10 Å². The molecule has 2 atom stereocenters. The lowest BCUT2D eigenvalue weighted by Crippen LogP contribution is -2.18. The maximum absolute atomic E-state index is 9.71. The summed E-state index contributed by atoms with van der Waals surface area (Å²) in [6.45, 7) is 0. The Kier molecular flexibility index (Phi) is 4.69. The summed E-state index contributed by atoms with van der Waals surface area (Å²) < 4.78 is 0. The maximum atomic E-state index is 9.71. The summed E-state index contributed by atoms with van der Waals surface area (Å²) in [5.41, 5.74) is 0.534. The normalized spacial score (nSPS) is 15.1. The van der Waals surface area contributed by atoms with Crippen LogP contribution in [-0.2, 0) is 0 Å². The van der Waals surface area contributed by atoms with Gasteiger partial charge in [-0.25, -0.2) is 0 Å². The first-order valence-corrected chi connectivity index (χ1v) is 5.24. The third kappa shape index (κ3) is 2.85. The van der Waals surface area contributed by atoms with E-state index in [-0.39, 0.29) is 0 Å². The van der Waals surface area contributed by atoms with E-state index in [0.29, 0.717) is 22.9 Å². The lowest BCUT2D eigenvalue weighted by molar-refractivity contribution is 0.0170. The molecule has 0 amide bonds. The fraction of sp³-hybridized carbons (Fsp3) is 0.400. The van der Waals surface area contributed by atoms with Gasteiger partial charge in [0.15, 0.2) is 0 Å². The maximum Gasteiger partial charge on any atom is 0.106 e. The van der Waals surface area contributed by atoms with Gasteiger partial charge in [0, 0.05) is 16.5 Å². The standard InChI is InChI=1S/C10H12Cl2O2/c11-6-5-9(13)10(14)7-3-1-2-4-8(7)12/h1-4,9-10,13-14H,5-6H2. The molecule has 0 saturated heterocycles. The van der Waals surface area contributed by atoms with Crippen molar-refractivity contribution in [3.63, 3.8) is 0 Å². The Hall–Kier alpha value is -0.280. The predicted octanol–water partition coefficient (Wildman–Crippen LogP) is 2.36. The molecule has 2 unspecified atom stereocenters. The van der Waals surface area contributed by atoms with E-state index in [4.69, 9.17) is 23.2 Å². The van der Waals surface area contributed by atoms with E-state index in [0.717, 1.165) is 0 Å². The van der Waals surface area contributed by atoms with E-state index >= 15 is 0 Å². The van der Waals surface area contributed by atoms with Crippen LogP contribution in [0.2, 0.25) is 5.02 Å². The van der Waals surface area contributed by atoms with Gasteiger partial charge < -0.3 is 10.2 Å². The van der Waals surface area contributed by atoms with Gasteiger partial charge in [0.2, 0.25) is 0 Å². The van der Waals surface area contributed by atoms with Crippen LogP contribution in [0.5, 0.6) is 0 Å². The first kappa shape index (κ1) is 11.8. The smallest absolute Gasteiger partial charge is 0.106 e. The van der Waals surface area contributed by atoms with E-state index in [1.165, 1.54) is 0 Å². The van der Waals surface area contributed by atoms with Crippen molar-refractivity contribution in [3.05, 3.63) is 34.9 Å². The highest BCUT2D eigenvalue weighted by molar-refractivity contribution is 6.31. The molecule has 0 aromatic heterocycles. The number of aliphatic hydroxyl groups is 2. The van der Waals surface area contributed by atoms with Crippen molar-refractivity contribution in [2.24, 2.45) is 0 Å². The molecule has 14 heavy (non-hydrogen) atoms. The first-order chi connectivity index (χ1) is 6.66. The Morgan fingerprint density at radius 2 is 1.86 bits per heavy atom. The molecular weight excluding hydrogens is 223 g/mol. The molecule has 2 N–H and O–H groups in total. The fourth-order valence-electron chi connectivity index (χ4n) is 1.19. The van der Waals surface area contributed by atoms with Crippen molar-refractivity contribution in [3.8, 4) is 0 Å². The van der Waals surface area contributed by atoms with Crippen LogP contribution in [0.3, 0.4) is 0 Å². The van der Waals surface area contributed by atoms with Crippen LogP contribution in [0, 0.1) is 0 Å². The van der Waals surface area contributed by atoms with E-state index in [1.54, 1.807) is 24.3 Å². The molecule has 4 heteroatoms. The summed E-state index contributed by atoms with van der Waals surface area (Å²) in [5, 5.41) is 19.7. The molecule has 0 aliphatic heterocycles. The molecule has 0 heterocycles. The molecule has 0 saturated carbocycles. The van der Waals surface area contributed by atoms with Crippen molar-refractivity contribution >= 4 is 23.2 Å². The molecule has 1 aromatic rings. The van der Waals surface area contributed by atoms with Crippen LogP contribution in [0.4, 0.5) is 0 Å². The molecule has 2 nitrogen and oxygen atoms in total. The molecule has 0 radical (unpaired) electrons. The molecule has 0 spiro atoms. The molecule has 0 bridgehead atoms. The zero-order chi connectivity index (χ0) is 10.6. The summed E-state index contributed by atoms with van der Waals surface area (Å²) in [5.74, 6) is 0.308. The average molecular weight is 235 g/mol. The Balaban J connectivity index is 2.78. The highest BCUT2D eigenvalue weighted by Crippen LogP contribution is 2.26. The van der Waals surface area contributed by atoms with Crippen LogP contribution >= 0.6 is 23.2 Å². The van der Waals surface area contributed by atoms with Gasteiger partial charge in [-0.15, -0.1) is 11.6 Å². The van der Waals surface area contributed by atoms with Crippen molar-refractivity contribution in [2.45, 2.75) is 18.6 Å². The molecule has 1 aromatic carbocycles. The zero-order valence-electron chi connectivity index (χ0n) is 7.53.